The molecule has 2 atom stereocenters. The highest BCUT2D eigenvalue weighted by Crippen LogP contribution is 2.15. The van der Waals surface area contributed by atoms with Crippen molar-refractivity contribution in [3.8, 4) is 0 Å². The van der Waals surface area contributed by atoms with Gasteiger partial charge >= 0.3 is 5.97 Å². The van der Waals surface area contributed by atoms with Crippen molar-refractivity contribution >= 4 is 11.9 Å². The largest absolute Gasteiger partial charge is 0.478 e. The van der Waals surface area contributed by atoms with Gasteiger partial charge in [-0.25, -0.2) is 4.79 Å². The molecule has 1 amide bonds. The summed E-state index contributed by atoms with van der Waals surface area (Å²) >= 11 is 0. The zero-order valence-corrected chi connectivity index (χ0v) is 12.2. The molecule has 0 spiro atoms. The first-order valence-corrected chi connectivity index (χ1v) is 7.29. The number of benzene rings is 1. The first kappa shape index (κ1) is 15.5. The third kappa shape index (κ3) is 4.56. The van der Waals surface area contributed by atoms with Crippen molar-refractivity contribution in [1.29, 1.82) is 0 Å². The molecule has 2 rings (SSSR count). The summed E-state index contributed by atoms with van der Waals surface area (Å²) in [6.45, 7) is 2.75. The summed E-state index contributed by atoms with van der Waals surface area (Å²) in [7, 11) is 0. The van der Waals surface area contributed by atoms with Crippen molar-refractivity contribution in [2.75, 3.05) is 6.61 Å². The normalized spacial score (nSPS) is 19.2. The van der Waals surface area contributed by atoms with E-state index in [1.54, 1.807) is 24.3 Å². The number of ether oxygens (including phenoxy) is 1. The molecule has 2 N–H and O–H groups in total. The van der Waals surface area contributed by atoms with Crippen LogP contribution in [0.4, 0.5) is 0 Å². The van der Waals surface area contributed by atoms with Gasteiger partial charge in [0.2, 0.25) is 5.91 Å². The molecule has 0 radical (unpaired) electrons. The van der Waals surface area contributed by atoms with Gasteiger partial charge < -0.3 is 15.2 Å². The average Bonchev–Trinajstić information content (AvgIpc) is 3.00. The summed E-state index contributed by atoms with van der Waals surface area (Å²) in [5, 5.41) is 11.8. The molecule has 21 heavy (non-hydrogen) atoms. The van der Waals surface area contributed by atoms with Gasteiger partial charge in [0.05, 0.1) is 17.7 Å². The van der Waals surface area contributed by atoms with Crippen molar-refractivity contribution in [2.24, 2.45) is 0 Å². The molecule has 1 aromatic rings. The molecule has 1 aromatic carbocycles. The number of carboxylic acids is 1. The lowest BCUT2D eigenvalue weighted by Gasteiger charge is -2.19. The summed E-state index contributed by atoms with van der Waals surface area (Å²) in [4.78, 5) is 22.6. The highest BCUT2D eigenvalue weighted by atomic mass is 16.5. The quantitative estimate of drug-likeness (QED) is 0.840. The smallest absolute Gasteiger partial charge is 0.335 e. The van der Waals surface area contributed by atoms with Gasteiger partial charge in [0.1, 0.15) is 0 Å². The second-order valence-corrected chi connectivity index (χ2v) is 5.41. The molecule has 5 nitrogen and oxygen atoms in total. The zero-order valence-electron chi connectivity index (χ0n) is 12.2. The molecule has 0 aromatic heterocycles. The number of aryl methyl sites for hydroxylation is 1. The minimum absolute atomic E-state index is 0.000288. The zero-order chi connectivity index (χ0) is 15.2. The minimum atomic E-state index is -0.940. The Hall–Kier alpha value is -1.88. The topological polar surface area (TPSA) is 75.6 Å². The van der Waals surface area contributed by atoms with Crippen LogP contribution in [-0.2, 0) is 16.0 Å². The summed E-state index contributed by atoms with van der Waals surface area (Å²) in [5.74, 6) is -0.940. The molecule has 114 valence electrons. The molecule has 0 bridgehead atoms. The van der Waals surface area contributed by atoms with Crippen LogP contribution < -0.4 is 5.32 Å². The Morgan fingerprint density at radius 1 is 1.38 bits per heavy atom. The molecule has 1 aliphatic heterocycles. The average molecular weight is 291 g/mol. The number of hydrogen-bond acceptors (Lipinski definition) is 3. The maximum Gasteiger partial charge on any atom is 0.335 e. The lowest BCUT2D eigenvalue weighted by Crippen LogP contribution is -2.40. The lowest BCUT2D eigenvalue weighted by atomic mass is 10.1. The number of aromatic carboxylic acids is 1. The van der Waals surface area contributed by atoms with Crippen LogP contribution in [0.15, 0.2) is 24.3 Å². The summed E-state index contributed by atoms with van der Waals surface area (Å²) < 4.78 is 5.54. The Bertz CT molecular complexity index is 492. The number of carboxylic acid groups (broad SMARTS) is 1. The molecule has 1 saturated heterocycles. The minimum Gasteiger partial charge on any atom is -0.478 e. The van der Waals surface area contributed by atoms with Crippen molar-refractivity contribution < 1.29 is 19.4 Å². The molecule has 0 saturated carbocycles. The molecule has 0 aliphatic carbocycles. The monoisotopic (exact) mass is 291 g/mol. The maximum absolute atomic E-state index is 11.9. The van der Waals surface area contributed by atoms with Gasteiger partial charge in [-0.15, -0.1) is 0 Å². The number of rotatable bonds is 6. The molecular formula is C16H21NO4. The van der Waals surface area contributed by atoms with Crippen LogP contribution in [0.3, 0.4) is 0 Å². The Morgan fingerprint density at radius 3 is 2.67 bits per heavy atom. The van der Waals surface area contributed by atoms with Crippen molar-refractivity contribution in [3.05, 3.63) is 35.4 Å². The Balaban J connectivity index is 1.76. The Labute approximate surface area is 124 Å². The van der Waals surface area contributed by atoms with Crippen LogP contribution in [0.2, 0.25) is 0 Å². The van der Waals surface area contributed by atoms with E-state index in [0.717, 1.165) is 25.0 Å². The number of carbonyl (C=O) groups is 2. The highest BCUT2D eigenvalue weighted by Gasteiger charge is 2.23. The predicted octanol–water partition coefficient (Wildman–Crippen LogP) is 2.00. The second-order valence-electron chi connectivity index (χ2n) is 5.41. The summed E-state index contributed by atoms with van der Waals surface area (Å²) in [6, 6.07) is 6.66. The maximum atomic E-state index is 11.9. The third-order valence-electron chi connectivity index (χ3n) is 3.75. The van der Waals surface area contributed by atoms with Gasteiger partial charge in [-0.2, -0.15) is 0 Å². The van der Waals surface area contributed by atoms with Gasteiger partial charge in [0, 0.05) is 13.0 Å². The van der Waals surface area contributed by atoms with E-state index in [4.69, 9.17) is 9.84 Å². The number of amides is 1. The molecule has 1 heterocycles. The van der Waals surface area contributed by atoms with E-state index in [1.165, 1.54) is 0 Å². The number of nitrogens with one attached hydrogen (secondary N) is 1. The van der Waals surface area contributed by atoms with E-state index < -0.39 is 5.97 Å². The predicted molar refractivity (Wildman–Crippen MR) is 78.3 cm³/mol. The van der Waals surface area contributed by atoms with Crippen molar-refractivity contribution in [3.63, 3.8) is 0 Å². The SMILES string of the molecule is C[C@H](NC(=O)CCc1ccc(C(=O)O)cc1)[C@@H]1CCCO1. The van der Waals surface area contributed by atoms with Gasteiger partial charge in [-0.05, 0) is 43.9 Å². The molecule has 1 aliphatic rings. The summed E-state index contributed by atoms with van der Waals surface area (Å²) in [6.07, 6.45) is 3.18. The fraction of sp³-hybridized carbons (Fsp3) is 0.500. The van der Waals surface area contributed by atoms with Crippen LogP contribution in [0.5, 0.6) is 0 Å². The van der Waals surface area contributed by atoms with E-state index in [-0.39, 0.29) is 23.6 Å². The van der Waals surface area contributed by atoms with Crippen LogP contribution in [0.25, 0.3) is 0 Å². The van der Waals surface area contributed by atoms with Crippen molar-refractivity contribution in [2.45, 2.75) is 44.8 Å². The fourth-order valence-corrected chi connectivity index (χ4v) is 2.49. The van der Waals surface area contributed by atoms with E-state index in [9.17, 15) is 9.59 Å². The van der Waals surface area contributed by atoms with Gasteiger partial charge in [-0.1, -0.05) is 12.1 Å². The van der Waals surface area contributed by atoms with Crippen LogP contribution in [-0.4, -0.2) is 35.7 Å². The second kappa shape index (κ2) is 7.22. The number of hydrogen-bond donors (Lipinski definition) is 2. The lowest BCUT2D eigenvalue weighted by molar-refractivity contribution is -0.122. The van der Waals surface area contributed by atoms with Crippen LogP contribution in [0, 0.1) is 0 Å². The third-order valence-corrected chi connectivity index (χ3v) is 3.75. The van der Waals surface area contributed by atoms with E-state index >= 15 is 0 Å². The standard InChI is InChI=1S/C16H21NO4/c1-11(14-3-2-10-21-14)17-15(18)9-6-12-4-7-13(8-5-12)16(19)20/h4-5,7-8,11,14H,2-3,6,9-10H2,1H3,(H,17,18)(H,19,20)/t11-,14-/m0/s1. The van der Waals surface area contributed by atoms with Crippen molar-refractivity contribution in [1.82, 2.24) is 5.32 Å². The van der Waals surface area contributed by atoms with E-state index in [0.29, 0.717) is 12.8 Å². The molecular weight excluding hydrogens is 270 g/mol. The molecule has 5 heteroatoms. The van der Waals surface area contributed by atoms with Gasteiger partial charge in [0.25, 0.3) is 0 Å². The fourth-order valence-electron chi connectivity index (χ4n) is 2.49. The van der Waals surface area contributed by atoms with Crippen LogP contribution >= 0.6 is 0 Å². The summed E-state index contributed by atoms with van der Waals surface area (Å²) in [5.41, 5.74) is 1.22. The highest BCUT2D eigenvalue weighted by molar-refractivity contribution is 5.87. The Kier molecular flexibility index (Phi) is 5.33. The first-order chi connectivity index (χ1) is 10.1. The van der Waals surface area contributed by atoms with E-state index in [2.05, 4.69) is 5.32 Å². The Morgan fingerprint density at radius 2 is 2.10 bits per heavy atom. The van der Waals surface area contributed by atoms with E-state index in [1.807, 2.05) is 6.92 Å². The van der Waals surface area contributed by atoms with Crippen LogP contribution in [0.1, 0.15) is 42.1 Å². The van der Waals surface area contributed by atoms with Gasteiger partial charge in [-0.3, -0.25) is 4.79 Å². The molecule has 1 fully saturated rings. The van der Waals surface area contributed by atoms with Gasteiger partial charge in [0.15, 0.2) is 0 Å². The number of carbonyl (C=O) groups excluding carboxylic acids is 1. The first-order valence-electron chi connectivity index (χ1n) is 7.29. The molecule has 0 unspecified atom stereocenters.